The van der Waals surface area contributed by atoms with Crippen molar-refractivity contribution in [3.05, 3.63) is 18.0 Å². The van der Waals surface area contributed by atoms with Crippen molar-refractivity contribution in [3.8, 4) is 0 Å². The summed E-state index contributed by atoms with van der Waals surface area (Å²) in [5.41, 5.74) is 4.35. The number of nitrogens with zero attached hydrogens (tertiary/aromatic N) is 3. The highest BCUT2D eigenvalue weighted by Gasteiger charge is 1.94. The van der Waals surface area contributed by atoms with Gasteiger partial charge in [0.05, 0.1) is 6.20 Å². The van der Waals surface area contributed by atoms with Gasteiger partial charge in [-0.15, -0.1) is 0 Å². The van der Waals surface area contributed by atoms with E-state index in [-0.39, 0.29) is 0 Å². The minimum atomic E-state index is 0.834. The first-order valence-corrected chi connectivity index (χ1v) is 3.57. The van der Waals surface area contributed by atoms with E-state index in [4.69, 9.17) is 0 Å². The molecule has 11 heavy (non-hydrogen) atoms. The largest absolute Gasteiger partial charge is 0.275 e. The van der Waals surface area contributed by atoms with Gasteiger partial charge in [0, 0.05) is 39.4 Å². The van der Waals surface area contributed by atoms with E-state index in [2.05, 4.69) is 10.5 Å². The first-order chi connectivity index (χ1) is 5.18. The van der Waals surface area contributed by atoms with Crippen LogP contribution in [0.4, 0.5) is 0 Å². The Morgan fingerprint density at radius 3 is 2.82 bits per heavy atom. The summed E-state index contributed by atoms with van der Waals surface area (Å²) in [5.74, 6) is 0. The topological polar surface area (TPSA) is 33.1 Å². The molecule has 1 N–H and O–H groups in total. The third kappa shape index (κ3) is 2.69. The Kier molecular flexibility index (Phi) is 2.62. The molecule has 4 nitrogen and oxygen atoms in total. The summed E-state index contributed by atoms with van der Waals surface area (Å²) >= 11 is 0. The van der Waals surface area contributed by atoms with Crippen molar-refractivity contribution < 1.29 is 0 Å². The van der Waals surface area contributed by atoms with Gasteiger partial charge in [-0.1, -0.05) is 0 Å². The molecule has 0 amide bonds. The lowest BCUT2D eigenvalue weighted by molar-refractivity contribution is 0.286. The third-order valence-corrected chi connectivity index (χ3v) is 1.36. The molecule has 0 bridgehead atoms. The summed E-state index contributed by atoms with van der Waals surface area (Å²) in [4.78, 5) is 0. The number of aromatic nitrogens is 2. The highest BCUT2D eigenvalue weighted by Crippen LogP contribution is 1.94. The fraction of sp³-hybridized carbons (Fsp3) is 0.571. The van der Waals surface area contributed by atoms with Gasteiger partial charge in [-0.05, 0) is 0 Å². The minimum absolute atomic E-state index is 0.834. The van der Waals surface area contributed by atoms with Crippen LogP contribution in [0.3, 0.4) is 0 Å². The van der Waals surface area contributed by atoms with Crippen LogP contribution in [0, 0.1) is 0 Å². The molecule has 0 saturated heterocycles. The average molecular weight is 154 g/mol. The van der Waals surface area contributed by atoms with Crippen molar-refractivity contribution in [1.82, 2.24) is 20.2 Å². The fourth-order valence-electron chi connectivity index (χ4n) is 0.813. The van der Waals surface area contributed by atoms with Gasteiger partial charge in [0.15, 0.2) is 0 Å². The van der Waals surface area contributed by atoms with Gasteiger partial charge in [0.25, 0.3) is 0 Å². The minimum Gasteiger partial charge on any atom is -0.275 e. The van der Waals surface area contributed by atoms with E-state index in [1.807, 2.05) is 38.5 Å². The predicted molar refractivity (Wildman–Crippen MR) is 43.7 cm³/mol. The van der Waals surface area contributed by atoms with Crippen molar-refractivity contribution in [2.24, 2.45) is 7.05 Å². The second kappa shape index (κ2) is 3.50. The Hall–Kier alpha value is -0.870. The summed E-state index contributed by atoms with van der Waals surface area (Å²) in [7, 11) is 5.85. The van der Waals surface area contributed by atoms with Crippen molar-refractivity contribution in [1.29, 1.82) is 0 Å². The Balaban J connectivity index is 2.39. The first kappa shape index (κ1) is 8.23. The SMILES string of the molecule is CN(C)NCc1cnn(C)c1. The summed E-state index contributed by atoms with van der Waals surface area (Å²) < 4.78 is 1.80. The van der Waals surface area contributed by atoms with E-state index in [1.165, 1.54) is 5.56 Å². The van der Waals surface area contributed by atoms with Gasteiger partial charge in [0.1, 0.15) is 0 Å². The van der Waals surface area contributed by atoms with E-state index in [0.717, 1.165) is 6.54 Å². The predicted octanol–water partition coefficient (Wildman–Crippen LogP) is -0.0137. The zero-order valence-corrected chi connectivity index (χ0v) is 7.20. The summed E-state index contributed by atoms with van der Waals surface area (Å²) in [5, 5.41) is 5.98. The lowest BCUT2D eigenvalue weighted by Gasteiger charge is -2.09. The van der Waals surface area contributed by atoms with Crippen LogP contribution < -0.4 is 5.43 Å². The fourth-order valence-corrected chi connectivity index (χ4v) is 0.813. The van der Waals surface area contributed by atoms with Crippen LogP contribution in [0.25, 0.3) is 0 Å². The van der Waals surface area contributed by atoms with Gasteiger partial charge in [-0.2, -0.15) is 5.10 Å². The van der Waals surface area contributed by atoms with E-state index in [9.17, 15) is 0 Å². The summed E-state index contributed by atoms with van der Waals surface area (Å²) in [6.07, 6.45) is 3.85. The molecule has 0 unspecified atom stereocenters. The molecule has 1 rings (SSSR count). The Morgan fingerprint density at radius 1 is 1.64 bits per heavy atom. The van der Waals surface area contributed by atoms with Crippen molar-refractivity contribution >= 4 is 0 Å². The number of aryl methyl sites for hydroxylation is 1. The molecule has 0 aromatic carbocycles. The van der Waals surface area contributed by atoms with Crippen LogP contribution >= 0.6 is 0 Å². The molecule has 1 aromatic heterocycles. The number of rotatable bonds is 3. The molecule has 62 valence electrons. The maximum atomic E-state index is 4.05. The second-order valence-electron chi connectivity index (χ2n) is 2.75. The summed E-state index contributed by atoms with van der Waals surface area (Å²) in [6.45, 7) is 0.834. The van der Waals surface area contributed by atoms with E-state index >= 15 is 0 Å². The van der Waals surface area contributed by atoms with Crippen LogP contribution in [0.1, 0.15) is 5.56 Å². The van der Waals surface area contributed by atoms with Crippen molar-refractivity contribution in [3.63, 3.8) is 0 Å². The Labute approximate surface area is 66.8 Å². The van der Waals surface area contributed by atoms with E-state index in [1.54, 1.807) is 4.68 Å². The molecule has 0 saturated carbocycles. The van der Waals surface area contributed by atoms with E-state index < -0.39 is 0 Å². The van der Waals surface area contributed by atoms with Crippen LogP contribution in [0.5, 0.6) is 0 Å². The van der Waals surface area contributed by atoms with Crippen LogP contribution in [-0.4, -0.2) is 28.9 Å². The molecule has 1 aromatic rings. The second-order valence-corrected chi connectivity index (χ2v) is 2.75. The zero-order valence-electron chi connectivity index (χ0n) is 7.20. The van der Waals surface area contributed by atoms with Crippen molar-refractivity contribution in [2.45, 2.75) is 6.54 Å². The molecule has 4 heteroatoms. The van der Waals surface area contributed by atoms with Crippen molar-refractivity contribution in [2.75, 3.05) is 14.1 Å². The maximum Gasteiger partial charge on any atom is 0.0535 e. The standard InChI is InChI=1S/C7H14N4/c1-10(2)8-4-7-5-9-11(3)6-7/h5-6,8H,4H2,1-3H3. The highest BCUT2D eigenvalue weighted by atomic mass is 15.5. The van der Waals surface area contributed by atoms with Gasteiger partial charge < -0.3 is 0 Å². The lowest BCUT2D eigenvalue weighted by Crippen LogP contribution is -2.29. The van der Waals surface area contributed by atoms with Crippen LogP contribution in [0.2, 0.25) is 0 Å². The van der Waals surface area contributed by atoms with Crippen LogP contribution in [-0.2, 0) is 13.6 Å². The lowest BCUT2D eigenvalue weighted by atomic mass is 10.4. The van der Waals surface area contributed by atoms with Gasteiger partial charge >= 0.3 is 0 Å². The normalized spacial score (nSPS) is 10.9. The molecule has 0 fully saturated rings. The first-order valence-electron chi connectivity index (χ1n) is 3.57. The number of hydrogen-bond donors (Lipinski definition) is 1. The smallest absolute Gasteiger partial charge is 0.0535 e. The quantitative estimate of drug-likeness (QED) is 0.621. The Bertz CT molecular complexity index is 216. The monoisotopic (exact) mass is 154 g/mol. The molecular formula is C7H14N4. The number of hydrazine groups is 1. The van der Waals surface area contributed by atoms with Gasteiger partial charge in [-0.3, -0.25) is 15.1 Å². The zero-order chi connectivity index (χ0) is 8.27. The molecule has 0 spiro atoms. The van der Waals surface area contributed by atoms with E-state index in [0.29, 0.717) is 0 Å². The average Bonchev–Trinajstić information content (AvgIpc) is 2.31. The molecule has 0 atom stereocenters. The van der Waals surface area contributed by atoms with Gasteiger partial charge in [-0.25, -0.2) is 0 Å². The summed E-state index contributed by atoms with van der Waals surface area (Å²) in [6, 6.07) is 0. The molecule has 0 radical (unpaired) electrons. The molecule has 0 aliphatic carbocycles. The Morgan fingerprint density at radius 2 is 2.36 bits per heavy atom. The number of hydrogen-bond acceptors (Lipinski definition) is 3. The molecule has 0 aliphatic heterocycles. The van der Waals surface area contributed by atoms with Crippen LogP contribution in [0.15, 0.2) is 12.4 Å². The highest BCUT2D eigenvalue weighted by molar-refractivity contribution is 5.02. The van der Waals surface area contributed by atoms with Gasteiger partial charge in [0.2, 0.25) is 0 Å². The molecular weight excluding hydrogens is 140 g/mol. The molecule has 1 heterocycles. The third-order valence-electron chi connectivity index (χ3n) is 1.36. The molecule has 0 aliphatic rings. The maximum absolute atomic E-state index is 4.05. The number of nitrogens with one attached hydrogen (secondary N) is 1.